The van der Waals surface area contributed by atoms with Crippen molar-refractivity contribution in [2.24, 2.45) is 0 Å². The molecule has 4 nitrogen and oxygen atoms in total. The number of halogens is 1. The molecule has 0 N–H and O–H groups in total. The molecule has 0 aliphatic carbocycles. The molecule has 1 amide bonds. The minimum Gasteiger partial charge on any atom is -0.383 e. The van der Waals surface area contributed by atoms with Crippen LogP contribution in [-0.4, -0.2) is 51.3 Å². The van der Waals surface area contributed by atoms with E-state index in [0.717, 1.165) is 10.0 Å². The van der Waals surface area contributed by atoms with Crippen molar-refractivity contribution in [1.82, 2.24) is 4.90 Å². The fourth-order valence-corrected chi connectivity index (χ4v) is 2.37. The van der Waals surface area contributed by atoms with Crippen LogP contribution in [0, 0.1) is 6.92 Å². The van der Waals surface area contributed by atoms with Crippen LogP contribution in [0.3, 0.4) is 0 Å². The number of hydrogen-bond acceptors (Lipinski definition) is 3. The maximum atomic E-state index is 12.5. The summed E-state index contributed by atoms with van der Waals surface area (Å²) in [6.45, 7) is 4.12. The highest BCUT2D eigenvalue weighted by molar-refractivity contribution is 9.10. The zero-order valence-electron chi connectivity index (χ0n) is 11.6. The molecule has 0 radical (unpaired) electrons. The Kier molecular flexibility index (Phi) is 7.05. The van der Waals surface area contributed by atoms with Gasteiger partial charge in [0.1, 0.15) is 0 Å². The molecule has 0 bridgehead atoms. The van der Waals surface area contributed by atoms with Crippen molar-refractivity contribution in [2.75, 3.05) is 40.5 Å². The lowest BCUT2D eigenvalue weighted by molar-refractivity contribution is 0.0627. The number of aryl methyl sites for hydroxylation is 1. The summed E-state index contributed by atoms with van der Waals surface area (Å²) in [4.78, 5) is 14.2. The Morgan fingerprint density at radius 2 is 1.74 bits per heavy atom. The first kappa shape index (κ1) is 16.1. The lowest BCUT2D eigenvalue weighted by Gasteiger charge is -2.22. The second kappa shape index (κ2) is 8.30. The van der Waals surface area contributed by atoms with Crippen molar-refractivity contribution < 1.29 is 14.3 Å². The van der Waals surface area contributed by atoms with Gasteiger partial charge in [0.15, 0.2) is 0 Å². The average molecular weight is 330 g/mol. The lowest BCUT2D eigenvalue weighted by Crippen LogP contribution is -2.36. The van der Waals surface area contributed by atoms with Crippen LogP contribution in [-0.2, 0) is 9.47 Å². The van der Waals surface area contributed by atoms with Crippen LogP contribution in [0.15, 0.2) is 22.7 Å². The summed E-state index contributed by atoms with van der Waals surface area (Å²) in [5.41, 5.74) is 1.73. The molecule has 0 unspecified atom stereocenters. The molecule has 0 aliphatic heterocycles. The molecule has 1 aromatic carbocycles. The van der Waals surface area contributed by atoms with Crippen LogP contribution in [0.5, 0.6) is 0 Å². The van der Waals surface area contributed by atoms with Crippen LogP contribution in [0.1, 0.15) is 15.9 Å². The standard InChI is InChI=1S/C14H20BrNO3/c1-11-8-12(10-13(15)9-11)14(17)16(4-6-18-2)5-7-19-3/h8-10H,4-7H2,1-3H3. The van der Waals surface area contributed by atoms with Gasteiger partial charge in [-0.25, -0.2) is 0 Å². The number of benzene rings is 1. The predicted octanol–water partition coefficient (Wildman–Crippen LogP) is 2.49. The molecule has 19 heavy (non-hydrogen) atoms. The highest BCUT2D eigenvalue weighted by Gasteiger charge is 2.16. The van der Waals surface area contributed by atoms with Gasteiger partial charge in [-0.2, -0.15) is 0 Å². The summed E-state index contributed by atoms with van der Waals surface area (Å²) >= 11 is 3.42. The smallest absolute Gasteiger partial charge is 0.254 e. The molecule has 5 heteroatoms. The Morgan fingerprint density at radius 1 is 1.16 bits per heavy atom. The third-order valence-electron chi connectivity index (χ3n) is 2.71. The van der Waals surface area contributed by atoms with Gasteiger partial charge in [-0.15, -0.1) is 0 Å². The number of nitrogens with zero attached hydrogens (tertiary/aromatic N) is 1. The second-order valence-electron chi connectivity index (χ2n) is 4.30. The quantitative estimate of drug-likeness (QED) is 0.771. The van der Waals surface area contributed by atoms with Gasteiger partial charge < -0.3 is 14.4 Å². The Morgan fingerprint density at radius 3 is 2.21 bits per heavy atom. The molecule has 0 heterocycles. The minimum atomic E-state index is -0.00139. The number of amides is 1. The molecule has 1 aromatic rings. The van der Waals surface area contributed by atoms with E-state index < -0.39 is 0 Å². The Hall–Kier alpha value is -0.910. The Labute approximate surface area is 122 Å². The molecule has 0 fully saturated rings. The van der Waals surface area contributed by atoms with E-state index in [2.05, 4.69) is 15.9 Å². The largest absolute Gasteiger partial charge is 0.383 e. The topological polar surface area (TPSA) is 38.8 Å². The van der Waals surface area contributed by atoms with Crippen molar-refractivity contribution in [2.45, 2.75) is 6.92 Å². The molecule has 0 atom stereocenters. The third-order valence-corrected chi connectivity index (χ3v) is 3.16. The zero-order chi connectivity index (χ0) is 14.3. The third kappa shape index (κ3) is 5.30. The minimum absolute atomic E-state index is 0.00139. The van der Waals surface area contributed by atoms with E-state index in [-0.39, 0.29) is 5.91 Å². The van der Waals surface area contributed by atoms with E-state index >= 15 is 0 Å². The molecule has 0 aromatic heterocycles. The van der Waals surface area contributed by atoms with E-state index in [1.165, 1.54) is 0 Å². The monoisotopic (exact) mass is 329 g/mol. The first-order chi connectivity index (χ1) is 9.08. The highest BCUT2D eigenvalue weighted by atomic mass is 79.9. The van der Waals surface area contributed by atoms with Gasteiger partial charge in [-0.05, 0) is 30.7 Å². The van der Waals surface area contributed by atoms with Crippen LogP contribution in [0.2, 0.25) is 0 Å². The van der Waals surface area contributed by atoms with E-state index in [1.807, 2.05) is 25.1 Å². The van der Waals surface area contributed by atoms with E-state index in [9.17, 15) is 4.79 Å². The number of carbonyl (C=O) groups is 1. The average Bonchev–Trinajstić information content (AvgIpc) is 2.37. The van der Waals surface area contributed by atoms with Gasteiger partial charge in [-0.1, -0.05) is 15.9 Å². The van der Waals surface area contributed by atoms with E-state index in [4.69, 9.17) is 9.47 Å². The number of carbonyl (C=O) groups excluding carboxylic acids is 1. The van der Waals surface area contributed by atoms with Crippen molar-refractivity contribution in [3.8, 4) is 0 Å². The van der Waals surface area contributed by atoms with Gasteiger partial charge >= 0.3 is 0 Å². The number of ether oxygens (including phenoxy) is 2. The molecule has 0 saturated carbocycles. The highest BCUT2D eigenvalue weighted by Crippen LogP contribution is 2.16. The molecule has 106 valence electrons. The van der Waals surface area contributed by atoms with Gasteiger partial charge in [0, 0.05) is 37.3 Å². The summed E-state index contributed by atoms with van der Waals surface area (Å²) in [5.74, 6) is -0.00139. The number of hydrogen-bond donors (Lipinski definition) is 0. The summed E-state index contributed by atoms with van der Waals surface area (Å²) in [6.07, 6.45) is 0. The summed E-state index contributed by atoms with van der Waals surface area (Å²) in [6, 6.07) is 5.70. The van der Waals surface area contributed by atoms with Crippen molar-refractivity contribution in [3.05, 3.63) is 33.8 Å². The van der Waals surface area contributed by atoms with E-state index in [1.54, 1.807) is 19.1 Å². The molecular weight excluding hydrogens is 310 g/mol. The summed E-state index contributed by atoms with van der Waals surface area (Å²) in [7, 11) is 3.25. The summed E-state index contributed by atoms with van der Waals surface area (Å²) in [5, 5.41) is 0. The van der Waals surface area contributed by atoms with Crippen molar-refractivity contribution >= 4 is 21.8 Å². The first-order valence-corrected chi connectivity index (χ1v) is 6.92. The maximum Gasteiger partial charge on any atom is 0.254 e. The van der Waals surface area contributed by atoms with Gasteiger partial charge in [0.2, 0.25) is 0 Å². The second-order valence-corrected chi connectivity index (χ2v) is 5.21. The zero-order valence-corrected chi connectivity index (χ0v) is 13.2. The van der Waals surface area contributed by atoms with Gasteiger partial charge in [0.25, 0.3) is 5.91 Å². The molecule has 0 aliphatic rings. The first-order valence-electron chi connectivity index (χ1n) is 6.13. The predicted molar refractivity (Wildman–Crippen MR) is 78.5 cm³/mol. The van der Waals surface area contributed by atoms with Crippen LogP contribution in [0.25, 0.3) is 0 Å². The molecule has 0 saturated heterocycles. The van der Waals surface area contributed by atoms with Crippen LogP contribution < -0.4 is 0 Å². The number of methoxy groups -OCH3 is 2. The van der Waals surface area contributed by atoms with Crippen molar-refractivity contribution in [3.63, 3.8) is 0 Å². The molecular formula is C14H20BrNO3. The van der Waals surface area contributed by atoms with Crippen LogP contribution >= 0.6 is 15.9 Å². The fraction of sp³-hybridized carbons (Fsp3) is 0.500. The maximum absolute atomic E-state index is 12.5. The molecule has 1 rings (SSSR count). The summed E-state index contributed by atoms with van der Waals surface area (Å²) < 4.78 is 11.0. The van der Waals surface area contributed by atoms with Crippen LogP contribution in [0.4, 0.5) is 0 Å². The SMILES string of the molecule is COCCN(CCOC)C(=O)c1cc(C)cc(Br)c1. The Balaban J connectivity index is 2.84. The van der Waals surface area contributed by atoms with Gasteiger partial charge in [-0.3, -0.25) is 4.79 Å². The fourth-order valence-electron chi connectivity index (χ4n) is 1.76. The number of rotatable bonds is 7. The van der Waals surface area contributed by atoms with E-state index in [0.29, 0.717) is 31.9 Å². The Bertz CT molecular complexity index is 395. The normalized spacial score (nSPS) is 10.5. The van der Waals surface area contributed by atoms with Crippen molar-refractivity contribution in [1.29, 1.82) is 0 Å². The van der Waals surface area contributed by atoms with Gasteiger partial charge in [0.05, 0.1) is 13.2 Å². The lowest BCUT2D eigenvalue weighted by atomic mass is 10.1. The molecule has 0 spiro atoms.